The fourth-order valence-corrected chi connectivity index (χ4v) is 1.82. The summed E-state index contributed by atoms with van der Waals surface area (Å²) in [5.74, 6) is 0.809. The van der Waals surface area contributed by atoms with Crippen LogP contribution in [0, 0.1) is 17.2 Å². The molecule has 0 bridgehead atoms. The van der Waals surface area contributed by atoms with Crippen LogP contribution in [0.1, 0.15) is 23.8 Å². The Bertz CT molecular complexity index is 297. The van der Waals surface area contributed by atoms with E-state index in [0.717, 1.165) is 17.3 Å². The maximum absolute atomic E-state index is 8.90. The van der Waals surface area contributed by atoms with Crippen LogP contribution in [0.15, 0.2) is 11.7 Å². The molecule has 1 unspecified atom stereocenters. The lowest BCUT2D eigenvalue weighted by atomic mass is 10.3. The predicted octanol–water partition coefficient (Wildman–Crippen LogP) is 1.71. The van der Waals surface area contributed by atoms with Crippen LogP contribution in [0.4, 0.5) is 0 Å². The van der Waals surface area contributed by atoms with Crippen LogP contribution in [0.25, 0.3) is 0 Å². The molecule has 1 N–H and O–H groups in total. The molecule has 1 aliphatic rings. The number of nitrogens with one attached hydrogen (secondary N) is 1. The molecule has 2 rings (SSSR count). The lowest BCUT2D eigenvalue weighted by molar-refractivity contribution is 0.598. The minimum absolute atomic E-state index is 0.159. The average molecular weight is 193 g/mol. The van der Waals surface area contributed by atoms with E-state index in [1.807, 2.05) is 0 Å². The molecule has 1 aliphatic carbocycles. The van der Waals surface area contributed by atoms with Crippen LogP contribution in [0.2, 0.25) is 0 Å². The minimum atomic E-state index is -0.159. The molecule has 0 aliphatic heterocycles. The van der Waals surface area contributed by atoms with E-state index in [9.17, 15) is 0 Å². The van der Waals surface area contributed by atoms with Gasteiger partial charge in [0.1, 0.15) is 6.04 Å². The number of rotatable bonds is 4. The van der Waals surface area contributed by atoms with Crippen LogP contribution >= 0.6 is 11.3 Å². The van der Waals surface area contributed by atoms with Gasteiger partial charge in [-0.3, -0.25) is 10.3 Å². The molecule has 1 heterocycles. The minimum Gasteiger partial charge on any atom is -0.297 e. The predicted molar refractivity (Wildman–Crippen MR) is 51.2 cm³/mol. The van der Waals surface area contributed by atoms with E-state index < -0.39 is 0 Å². The Labute approximate surface area is 81.4 Å². The molecule has 0 spiro atoms. The summed E-state index contributed by atoms with van der Waals surface area (Å²) in [4.78, 5) is 4.98. The van der Waals surface area contributed by atoms with Gasteiger partial charge in [0.2, 0.25) is 0 Å². The number of thiazole rings is 1. The number of hydrogen-bond acceptors (Lipinski definition) is 4. The SMILES string of the molecule is N#CC(NCC1CC1)c1cncs1. The zero-order chi connectivity index (χ0) is 9.10. The van der Waals surface area contributed by atoms with Crippen LogP contribution in [0.5, 0.6) is 0 Å². The molecule has 1 fully saturated rings. The fraction of sp³-hybridized carbons (Fsp3) is 0.556. The Morgan fingerprint density at radius 3 is 3.15 bits per heavy atom. The molecule has 0 saturated heterocycles. The van der Waals surface area contributed by atoms with E-state index in [1.54, 1.807) is 11.7 Å². The van der Waals surface area contributed by atoms with Crippen LogP contribution in [-0.4, -0.2) is 11.5 Å². The zero-order valence-corrected chi connectivity index (χ0v) is 8.05. The molecule has 68 valence electrons. The van der Waals surface area contributed by atoms with Gasteiger partial charge in [-0.15, -0.1) is 11.3 Å². The second kappa shape index (κ2) is 3.86. The Balaban J connectivity index is 1.89. The summed E-state index contributed by atoms with van der Waals surface area (Å²) < 4.78 is 0. The van der Waals surface area contributed by atoms with E-state index in [4.69, 9.17) is 5.26 Å². The van der Waals surface area contributed by atoms with Crippen molar-refractivity contribution in [1.82, 2.24) is 10.3 Å². The Morgan fingerprint density at radius 1 is 1.77 bits per heavy atom. The van der Waals surface area contributed by atoms with Gasteiger partial charge in [-0.05, 0) is 25.3 Å². The normalized spacial score (nSPS) is 18.1. The van der Waals surface area contributed by atoms with E-state index in [-0.39, 0.29) is 6.04 Å². The van der Waals surface area contributed by atoms with Gasteiger partial charge in [0.15, 0.2) is 0 Å². The number of hydrogen-bond donors (Lipinski definition) is 1. The lowest BCUT2D eigenvalue weighted by Gasteiger charge is -2.07. The fourth-order valence-electron chi connectivity index (χ4n) is 1.18. The van der Waals surface area contributed by atoms with E-state index in [1.165, 1.54) is 24.2 Å². The van der Waals surface area contributed by atoms with Crippen molar-refractivity contribution >= 4 is 11.3 Å². The number of aromatic nitrogens is 1. The Kier molecular flexibility index (Phi) is 2.57. The van der Waals surface area contributed by atoms with Gasteiger partial charge >= 0.3 is 0 Å². The largest absolute Gasteiger partial charge is 0.297 e. The van der Waals surface area contributed by atoms with Gasteiger partial charge < -0.3 is 0 Å². The molecule has 0 amide bonds. The lowest BCUT2D eigenvalue weighted by Crippen LogP contribution is -2.21. The molecule has 1 aromatic heterocycles. The molecule has 3 nitrogen and oxygen atoms in total. The van der Waals surface area contributed by atoms with Gasteiger partial charge in [0, 0.05) is 6.20 Å². The summed E-state index contributed by atoms with van der Waals surface area (Å²) in [6, 6.07) is 2.09. The van der Waals surface area contributed by atoms with E-state index in [0.29, 0.717) is 0 Å². The molecule has 1 aromatic rings. The maximum Gasteiger partial charge on any atom is 0.132 e. The van der Waals surface area contributed by atoms with Crippen molar-refractivity contribution in [2.75, 3.05) is 6.54 Å². The van der Waals surface area contributed by atoms with Crippen molar-refractivity contribution in [1.29, 1.82) is 5.26 Å². The summed E-state index contributed by atoms with van der Waals surface area (Å²) in [5.41, 5.74) is 1.76. The van der Waals surface area contributed by atoms with Crippen molar-refractivity contribution in [3.63, 3.8) is 0 Å². The molecular formula is C9H11N3S. The molecule has 1 atom stereocenters. The first kappa shape index (κ1) is 8.67. The quantitative estimate of drug-likeness (QED) is 0.792. The summed E-state index contributed by atoms with van der Waals surface area (Å²) in [7, 11) is 0. The molecule has 1 saturated carbocycles. The van der Waals surface area contributed by atoms with Crippen LogP contribution < -0.4 is 5.32 Å². The van der Waals surface area contributed by atoms with Crippen LogP contribution in [0.3, 0.4) is 0 Å². The zero-order valence-electron chi connectivity index (χ0n) is 7.23. The molecule has 0 aromatic carbocycles. The third kappa shape index (κ3) is 2.27. The molecule has 0 radical (unpaired) electrons. The first-order valence-electron chi connectivity index (χ1n) is 4.41. The van der Waals surface area contributed by atoms with Gasteiger partial charge in [-0.25, -0.2) is 0 Å². The van der Waals surface area contributed by atoms with Crippen LogP contribution in [-0.2, 0) is 0 Å². The summed E-state index contributed by atoms with van der Waals surface area (Å²) in [6.45, 7) is 0.968. The highest BCUT2D eigenvalue weighted by molar-refractivity contribution is 7.09. The van der Waals surface area contributed by atoms with Crippen molar-refractivity contribution < 1.29 is 0 Å². The third-order valence-electron chi connectivity index (χ3n) is 2.17. The Morgan fingerprint density at radius 2 is 2.62 bits per heavy atom. The first-order valence-corrected chi connectivity index (χ1v) is 5.29. The highest BCUT2D eigenvalue weighted by Gasteiger charge is 2.22. The summed E-state index contributed by atoms with van der Waals surface area (Å²) in [6.07, 6.45) is 4.39. The second-order valence-corrected chi connectivity index (χ2v) is 4.24. The average Bonchev–Trinajstić information content (AvgIpc) is 2.81. The smallest absolute Gasteiger partial charge is 0.132 e. The first-order chi connectivity index (χ1) is 6.40. The highest BCUT2D eigenvalue weighted by atomic mass is 32.1. The van der Waals surface area contributed by atoms with Crippen molar-refractivity contribution in [2.24, 2.45) is 5.92 Å². The van der Waals surface area contributed by atoms with Gasteiger partial charge in [0.25, 0.3) is 0 Å². The summed E-state index contributed by atoms with van der Waals surface area (Å²) in [5, 5.41) is 12.1. The molecule has 4 heteroatoms. The van der Waals surface area contributed by atoms with Gasteiger partial charge in [-0.1, -0.05) is 0 Å². The van der Waals surface area contributed by atoms with E-state index in [2.05, 4.69) is 16.4 Å². The third-order valence-corrected chi connectivity index (χ3v) is 3.01. The monoisotopic (exact) mass is 193 g/mol. The standard InChI is InChI=1S/C9H11N3S/c10-3-8(9-5-11-6-13-9)12-4-7-1-2-7/h5-8,12H,1-2,4H2. The van der Waals surface area contributed by atoms with Gasteiger partial charge in [-0.2, -0.15) is 5.26 Å². The van der Waals surface area contributed by atoms with E-state index >= 15 is 0 Å². The molecular weight excluding hydrogens is 182 g/mol. The summed E-state index contributed by atoms with van der Waals surface area (Å²) >= 11 is 1.53. The van der Waals surface area contributed by atoms with Crippen molar-refractivity contribution in [2.45, 2.75) is 18.9 Å². The van der Waals surface area contributed by atoms with Gasteiger partial charge in [0.05, 0.1) is 16.5 Å². The Hall–Kier alpha value is -0.920. The maximum atomic E-state index is 8.90. The molecule has 13 heavy (non-hydrogen) atoms. The topological polar surface area (TPSA) is 48.7 Å². The van der Waals surface area contributed by atoms with Crippen molar-refractivity contribution in [3.8, 4) is 6.07 Å². The number of nitriles is 1. The number of nitrogens with zero attached hydrogens (tertiary/aromatic N) is 2. The highest BCUT2D eigenvalue weighted by Crippen LogP contribution is 2.28. The second-order valence-electron chi connectivity index (χ2n) is 3.32. The van der Waals surface area contributed by atoms with Crippen molar-refractivity contribution in [3.05, 3.63) is 16.6 Å².